The molecule has 9 heteroatoms. The van der Waals surface area contributed by atoms with Crippen LogP contribution in [-0.4, -0.2) is 45.5 Å². The monoisotopic (exact) mass is 440 g/mol. The van der Waals surface area contributed by atoms with Crippen molar-refractivity contribution in [2.24, 2.45) is 11.0 Å². The van der Waals surface area contributed by atoms with Gasteiger partial charge in [0.25, 0.3) is 11.8 Å². The molecule has 8 nitrogen and oxygen atoms in total. The number of carbonyl (C=O) groups is 3. The van der Waals surface area contributed by atoms with E-state index in [-0.39, 0.29) is 18.4 Å². The molecule has 3 heterocycles. The molecule has 3 aliphatic rings. The minimum Gasteiger partial charge on any atom is -0.467 e. The van der Waals surface area contributed by atoms with E-state index in [1.807, 2.05) is 12.1 Å². The lowest BCUT2D eigenvalue weighted by Gasteiger charge is -2.23. The maximum Gasteiger partial charge on any atom is 0.325 e. The molecule has 1 aliphatic carbocycles. The molecular formula is C22H21ClN4O4. The van der Waals surface area contributed by atoms with E-state index in [1.165, 1.54) is 11.3 Å². The molecule has 2 atom stereocenters. The third-order valence-corrected chi connectivity index (χ3v) is 6.46. The van der Waals surface area contributed by atoms with Crippen LogP contribution in [0.4, 0.5) is 4.79 Å². The van der Waals surface area contributed by atoms with Gasteiger partial charge in [0.15, 0.2) is 0 Å². The van der Waals surface area contributed by atoms with Gasteiger partial charge in [-0.25, -0.2) is 9.80 Å². The maximum absolute atomic E-state index is 13.2. The largest absolute Gasteiger partial charge is 0.467 e. The second-order valence-corrected chi connectivity index (χ2v) is 8.76. The number of benzene rings is 1. The zero-order valence-electron chi connectivity index (χ0n) is 16.9. The minimum atomic E-state index is -0.930. The first-order chi connectivity index (χ1) is 14.9. The zero-order valence-corrected chi connectivity index (χ0v) is 17.6. The van der Waals surface area contributed by atoms with E-state index in [0.717, 1.165) is 23.3 Å². The number of hydrogen-bond acceptors (Lipinski definition) is 5. The van der Waals surface area contributed by atoms with Crippen molar-refractivity contribution in [3.63, 3.8) is 0 Å². The van der Waals surface area contributed by atoms with Crippen LogP contribution >= 0.6 is 11.6 Å². The minimum absolute atomic E-state index is 0.126. The lowest BCUT2D eigenvalue weighted by Crippen LogP contribution is -2.47. The number of imide groups is 1. The first kappa shape index (κ1) is 19.8. The molecule has 0 spiro atoms. The molecule has 1 saturated heterocycles. The van der Waals surface area contributed by atoms with Gasteiger partial charge in [-0.3, -0.25) is 14.5 Å². The Hall–Kier alpha value is -3.13. The molecule has 5 rings (SSSR count). The van der Waals surface area contributed by atoms with E-state index in [9.17, 15) is 14.4 Å². The Morgan fingerprint density at radius 3 is 2.65 bits per heavy atom. The molecule has 2 fully saturated rings. The Balaban J connectivity index is 1.40. The van der Waals surface area contributed by atoms with E-state index < -0.39 is 23.5 Å². The Morgan fingerprint density at radius 2 is 2.00 bits per heavy atom. The molecule has 160 valence electrons. The molecule has 31 heavy (non-hydrogen) atoms. The summed E-state index contributed by atoms with van der Waals surface area (Å²) in [6, 6.07) is 9.74. The standard InChI is InChI=1S/C22H21ClN4O4/c1-22(14-6-7-14)20(29)26(21(30)24-22)12-19(28)27-17(18-3-2-10-31-18)11-16(25-27)13-4-8-15(23)9-5-13/h2-5,8-10,14,17H,6-7,11-12H2,1H3,(H,24,30)/t17-,22-/m0/s1. The van der Waals surface area contributed by atoms with Crippen molar-refractivity contribution >= 4 is 35.2 Å². The van der Waals surface area contributed by atoms with Crippen molar-refractivity contribution in [3.05, 3.63) is 59.0 Å². The number of rotatable bonds is 5. The van der Waals surface area contributed by atoms with Crippen LogP contribution in [0, 0.1) is 5.92 Å². The normalized spacial score (nSPS) is 25.7. The summed E-state index contributed by atoms with van der Waals surface area (Å²) in [4.78, 5) is 39.6. The summed E-state index contributed by atoms with van der Waals surface area (Å²) in [6.45, 7) is 1.36. The fourth-order valence-electron chi connectivity index (χ4n) is 4.26. The second-order valence-electron chi connectivity index (χ2n) is 8.33. The smallest absolute Gasteiger partial charge is 0.325 e. The highest BCUT2D eigenvalue weighted by molar-refractivity contribution is 6.30. The van der Waals surface area contributed by atoms with Crippen molar-refractivity contribution < 1.29 is 18.8 Å². The second kappa shape index (κ2) is 7.23. The number of nitrogens with one attached hydrogen (secondary N) is 1. The molecule has 0 radical (unpaired) electrons. The molecule has 1 saturated carbocycles. The van der Waals surface area contributed by atoms with Crippen molar-refractivity contribution in [1.29, 1.82) is 0 Å². The number of hydrogen-bond donors (Lipinski definition) is 1. The fraction of sp³-hybridized carbons (Fsp3) is 0.364. The fourth-order valence-corrected chi connectivity index (χ4v) is 4.39. The number of hydrazone groups is 1. The Kier molecular flexibility index (Phi) is 4.62. The van der Waals surface area contributed by atoms with Crippen molar-refractivity contribution in [2.75, 3.05) is 6.54 Å². The Labute approximate surface area is 183 Å². The average Bonchev–Trinajstić information content (AvgIpc) is 3.22. The van der Waals surface area contributed by atoms with Gasteiger partial charge < -0.3 is 9.73 Å². The first-order valence-electron chi connectivity index (χ1n) is 10.2. The third-order valence-electron chi connectivity index (χ3n) is 6.20. The van der Waals surface area contributed by atoms with Gasteiger partial charge in [-0.05, 0) is 55.5 Å². The zero-order chi connectivity index (χ0) is 21.8. The molecule has 2 aromatic rings. The lowest BCUT2D eigenvalue weighted by molar-refractivity contribution is -0.140. The van der Waals surface area contributed by atoms with Crippen LogP contribution in [0.25, 0.3) is 0 Å². The van der Waals surface area contributed by atoms with E-state index in [4.69, 9.17) is 16.0 Å². The number of furan rings is 1. The van der Waals surface area contributed by atoms with Crippen LogP contribution in [0.5, 0.6) is 0 Å². The highest BCUT2D eigenvalue weighted by Crippen LogP contribution is 2.42. The summed E-state index contributed by atoms with van der Waals surface area (Å²) < 4.78 is 5.54. The molecule has 1 aromatic heterocycles. The number of urea groups is 1. The van der Waals surface area contributed by atoms with Gasteiger partial charge in [-0.2, -0.15) is 5.10 Å². The highest BCUT2D eigenvalue weighted by Gasteiger charge is 2.56. The van der Waals surface area contributed by atoms with Crippen LogP contribution in [-0.2, 0) is 9.59 Å². The lowest BCUT2D eigenvalue weighted by atomic mass is 9.96. The maximum atomic E-state index is 13.2. The van der Waals surface area contributed by atoms with Crippen LogP contribution in [0.3, 0.4) is 0 Å². The highest BCUT2D eigenvalue weighted by atomic mass is 35.5. The molecule has 1 N–H and O–H groups in total. The summed E-state index contributed by atoms with van der Waals surface area (Å²) in [7, 11) is 0. The third kappa shape index (κ3) is 3.40. The summed E-state index contributed by atoms with van der Waals surface area (Å²) in [5.41, 5.74) is 0.611. The molecule has 4 amide bonds. The van der Waals surface area contributed by atoms with E-state index in [2.05, 4.69) is 10.4 Å². The average molecular weight is 441 g/mol. The van der Waals surface area contributed by atoms with E-state index in [1.54, 1.807) is 31.2 Å². The van der Waals surface area contributed by atoms with Crippen LogP contribution in [0.2, 0.25) is 5.02 Å². The van der Waals surface area contributed by atoms with Crippen molar-refractivity contribution in [1.82, 2.24) is 15.2 Å². The van der Waals surface area contributed by atoms with Crippen molar-refractivity contribution in [3.8, 4) is 0 Å². The number of amides is 4. The quantitative estimate of drug-likeness (QED) is 0.721. The molecule has 1 aromatic carbocycles. The molecule has 0 unspecified atom stereocenters. The number of carbonyl (C=O) groups excluding carboxylic acids is 3. The summed E-state index contributed by atoms with van der Waals surface area (Å²) >= 11 is 5.98. The van der Waals surface area contributed by atoms with Crippen LogP contribution in [0.1, 0.15) is 43.6 Å². The Morgan fingerprint density at radius 1 is 1.26 bits per heavy atom. The van der Waals surface area contributed by atoms with Gasteiger partial charge >= 0.3 is 6.03 Å². The summed E-state index contributed by atoms with van der Waals surface area (Å²) in [6.07, 6.45) is 3.77. The van der Waals surface area contributed by atoms with Gasteiger partial charge in [0.05, 0.1) is 12.0 Å². The van der Waals surface area contributed by atoms with E-state index in [0.29, 0.717) is 22.9 Å². The number of nitrogens with zero attached hydrogens (tertiary/aromatic N) is 3. The predicted molar refractivity (Wildman–Crippen MR) is 112 cm³/mol. The summed E-state index contributed by atoms with van der Waals surface area (Å²) in [5, 5.41) is 9.22. The molecule has 0 bridgehead atoms. The molecule has 2 aliphatic heterocycles. The van der Waals surface area contributed by atoms with Gasteiger partial charge in [-0.1, -0.05) is 23.7 Å². The van der Waals surface area contributed by atoms with Gasteiger partial charge in [0, 0.05) is 11.4 Å². The first-order valence-corrected chi connectivity index (χ1v) is 10.6. The topological polar surface area (TPSA) is 95.2 Å². The van der Waals surface area contributed by atoms with Gasteiger partial charge in [0.1, 0.15) is 23.9 Å². The summed E-state index contributed by atoms with van der Waals surface area (Å²) in [5.74, 6) is -0.0970. The number of halogens is 1. The van der Waals surface area contributed by atoms with Gasteiger partial charge in [-0.15, -0.1) is 0 Å². The Bertz CT molecular complexity index is 1080. The van der Waals surface area contributed by atoms with Crippen LogP contribution in [0.15, 0.2) is 52.2 Å². The van der Waals surface area contributed by atoms with E-state index >= 15 is 0 Å². The van der Waals surface area contributed by atoms with Crippen LogP contribution < -0.4 is 5.32 Å². The molecular weight excluding hydrogens is 420 g/mol. The van der Waals surface area contributed by atoms with Gasteiger partial charge in [0.2, 0.25) is 0 Å². The SMILES string of the molecule is C[C@@]1(C2CC2)NC(=O)N(CC(=O)N2N=C(c3ccc(Cl)cc3)C[C@H]2c2ccco2)C1=O. The van der Waals surface area contributed by atoms with Crippen molar-refractivity contribution in [2.45, 2.75) is 37.8 Å². The predicted octanol–water partition coefficient (Wildman–Crippen LogP) is 3.33.